The second-order valence-electron chi connectivity index (χ2n) is 8.92. The third kappa shape index (κ3) is 3.50. The normalized spacial score (nSPS) is 20.3. The van der Waals surface area contributed by atoms with Crippen molar-refractivity contribution in [2.45, 2.75) is 57.6 Å². The van der Waals surface area contributed by atoms with E-state index >= 15 is 0 Å². The van der Waals surface area contributed by atoms with Crippen LogP contribution in [0.3, 0.4) is 0 Å². The highest BCUT2D eigenvalue weighted by molar-refractivity contribution is 5.75. The van der Waals surface area contributed by atoms with Gasteiger partial charge in [-0.15, -0.1) is 0 Å². The molecule has 0 radical (unpaired) electrons. The Kier molecular flexibility index (Phi) is 5.33. The molecule has 6 heteroatoms. The first-order valence-electron chi connectivity index (χ1n) is 10.8. The molecule has 2 aromatic rings. The number of para-hydroxylation sites is 1. The molecule has 1 atom stereocenters. The van der Waals surface area contributed by atoms with Crippen LogP contribution >= 0.6 is 0 Å². The number of anilines is 1. The molecule has 0 amide bonds. The minimum atomic E-state index is -0.722. The quantitative estimate of drug-likeness (QED) is 0.329. The Hall–Kier alpha value is -3.15. The maximum atomic E-state index is 11.3. The van der Waals surface area contributed by atoms with Crippen molar-refractivity contribution < 1.29 is 14.5 Å². The zero-order valence-corrected chi connectivity index (χ0v) is 18.3. The fourth-order valence-electron chi connectivity index (χ4n) is 4.81. The summed E-state index contributed by atoms with van der Waals surface area (Å²) in [5, 5.41) is 11.2. The molecule has 31 heavy (non-hydrogen) atoms. The van der Waals surface area contributed by atoms with Gasteiger partial charge in [0, 0.05) is 36.3 Å². The van der Waals surface area contributed by atoms with Crippen molar-refractivity contribution in [1.29, 1.82) is 0 Å². The van der Waals surface area contributed by atoms with Gasteiger partial charge >= 0.3 is 0 Å². The molecular weight excluding hydrogens is 392 g/mol. The van der Waals surface area contributed by atoms with Crippen molar-refractivity contribution in [2.24, 2.45) is 0 Å². The third-order valence-corrected chi connectivity index (χ3v) is 6.53. The van der Waals surface area contributed by atoms with Crippen LogP contribution in [0, 0.1) is 10.1 Å². The van der Waals surface area contributed by atoms with Crippen molar-refractivity contribution in [3.05, 3.63) is 69.8 Å². The molecule has 1 unspecified atom stereocenters. The van der Waals surface area contributed by atoms with Gasteiger partial charge in [0.1, 0.15) is 11.5 Å². The van der Waals surface area contributed by atoms with Crippen LogP contribution in [0.25, 0.3) is 6.08 Å². The lowest BCUT2D eigenvalue weighted by atomic mass is 9.76. The first kappa shape index (κ1) is 21.1. The van der Waals surface area contributed by atoms with Crippen molar-refractivity contribution in [3.63, 3.8) is 0 Å². The number of nitro groups is 1. The molecule has 0 saturated heterocycles. The van der Waals surface area contributed by atoms with E-state index in [4.69, 9.17) is 4.74 Å². The van der Waals surface area contributed by atoms with Gasteiger partial charge in [-0.2, -0.15) is 0 Å². The summed E-state index contributed by atoms with van der Waals surface area (Å²) >= 11 is 0. The number of ether oxygens (including phenoxy) is 1. The molecule has 162 valence electrons. The van der Waals surface area contributed by atoms with E-state index in [0.29, 0.717) is 17.7 Å². The summed E-state index contributed by atoms with van der Waals surface area (Å²) in [7, 11) is 0. The van der Waals surface area contributed by atoms with Gasteiger partial charge in [-0.1, -0.05) is 24.6 Å². The van der Waals surface area contributed by atoms with E-state index in [1.54, 1.807) is 19.1 Å². The first-order valence-corrected chi connectivity index (χ1v) is 10.8. The third-order valence-electron chi connectivity index (χ3n) is 6.53. The van der Waals surface area contributed by atoms with Crippen LogP contribution in [0.4, 0.5) is 11.4 Å². The number of benzene rings is 2. The van der Waals surface area contributed by atoms with E-state index in [9.17, 15) is 14.9 Å². The Bertz CT molecular complexity index is 1060. The SMILES string of the molecule is CC(=O)CCCCCN1c2ccccc2C(C)(C)C12C=Cc1cc([N+](=O)[O-])ccc1O2. The number of hydrogen-bond acceptors (Lipinski definition) is 5. The summed E-state index contributed by atoms with van der Waals surface area (Å²) in [6.07, 6.45) is 7.43. The van der Waals surface area contributed by atoms with Crippen LogP contribution in [0.2, 0.25) is 0 Å². The van der Waals surface area contributed by atoms with Gasteiger partial charge in [-0.3, -0.25) is 10.1 Å². The van der Waals surface area contributed by atoms with Crippen molar-refractivity contribution in [1.82, 2.24) is 0 Å². The number of nitrogens with zero attached hydrogens (tertiary/aromatic N) is 2. The highest BCUT2D eigenvalue weighted by Crippen LogP contribution is 2.55. The minimum absolute atomic E-state index is 0.0549. The van der Waals surface area contributed by atoms with Gasteiger partial charge in [0.15, 0.2) is 0 Å². The summed E-state index contributed by atoms with van der Waals surface area (Å²) in [5.74, 6) is 0.879. The smallest absolute Gasteiger partial charge is 0.270 e. The Morgan fingerprint density at radius 3 is 2.65 bits per heavy atom. The van der Waals surface area contributed by atoms with Crippen LogP contribution in [0.5, 0.6) is 5.75 Å². The van der Waals surface area contributed by atoms with Gasteiger partial charge in [-0.05, 0) is 63.5 Å². The molecule has 2 aliphatic rings. The summed E-state index contributed by atoms with van der Waals surface area (Å²) in [5.41, 5.74) is 2.08. The number of carbonyl (C=O) groups is 1. The Labute approximate surface area is 182 Å². The topological polar surface area (TPSA) is 72.7 Å². The van der Waals surface area contributed by atoms with Crippen LogP contribution in [0.1, 0.15) is 57.6 Å². The number of unbranched alkanes of at least 4 members (excludes halogenated alkanes) is 2. The number of fused-ring (bicyclic) bond motifs is 2. The lowest BCUT2D eigenvalue weighted by Gasteiger charge is -2.47. The average Bonchev–Trinajstić information content (AvgIpc) is 2.91. The van der Waals surface area contributed by atoms with E-state index in [-0.39, 0.29) is 21.8 Å². The lowest BCUT2D eigenvalue weighted by Crippen LogP contribution is -2.59. The van der Waals surface area contributed by atoms with E-state index in [1.807, 2.05) is 12.1 Å². The summed E-state index contributed by atoms with van der Waals surface area (Å²) in [6, 6.07) is 13.1. The van der Waals surface area contributed by atoms with Gasteiger partial charge < -0.3 is 14.4 Å². The highest BCUT2D eigenvalue weighted by atomic mass is 16.6. The maximum Gasteiger partial charge on any atom is 0.270 e. The number of ketones is 1. The molecule has 2 aromatic carbocycles. The van der Waals surface area contributed by atoms with Crippen molar-refractivity contribution in [2.75, 3.05) is 11.4 Å². The number of nitro benzene ring substituents is 1. The van der Waals surface area contributed by atoms with Gasteiger partial charge in [0.05, 0.1) is 10.3 Å². The zero-order valence-electron chi connectivity index (χ0n) is 18.3. The molecule has 0 aromatic heterocycles. The highest BCUT2D eigenvalue weighted by Gasteiger charge is 2.58. The van der Waals surface area contributed by atoms with Crippen LogP contribution in [-0.2, 0) is 10.2 Å². The predicted molar refractivity (Wildman–Crippen MR) is 121 cm³/mol. The first-order chi connectivity index (χ1) is 14.8. The molecule has 0 bridgehead atoms. The lowest BCUT2D eigenvalue weighted by molar-refractivity contribution is -0.384. The summed E-state index contributed by atoms with van der Waals surface area (Å²) in [4.78, 5) is 24.3. The molecule has 4 rings (SSSR count). The minimum Gasteiger partial charge on any atom is -0.463 e. The monoisotopic (exact) mass is 420 g/mol. The fraction of sp³-hybridized carbons (Fsp3) is 0.400. The second-order valence-corrected chi connectivity index (χ2v) is 8.92. The fourth-order valence-corrected chi connectivity index (χ4v) is 4.81. The Morgan fingerprint density at radius 1 is 1.13 bits per heavy atom. The number of hydrogen-bond donors (Lipinski definition) is 0. The van der Waals surface area contributed by atoms with Gasteiger partial charge in [0.25, 0.3) is 5.69 Å². The van der Waals surface area contributed by atoms with E-state index in [1.165, 1.54) is 11.6 Å². The number of non-ortho nitro benzene ring substituents is 1. The maximum absolute atomic E-state index is 11.3. The number of rotatable bonds is 7. The molecule has 0 saturated carbocycles. The molecule has 2 aliphatic heterocycles. The number of carbonyl (C=O) groups excluding carboxylic acids is 1. The van der Waals surface area contributed by atoms with Crippen LogP contribution in [0.15, 0.2) is 48.5 Å². The van der Waals surface area contributed by atoms with E-state index in [0.717, 1.165) is 31.5 Å². The van der Waals surface area contributed by atoms with Crippen molar-refractivity contribution in [3.8, 4) is 5.75 Å². The standard InChI is InChI=1S/C25H28N2O4/c1-18(28)9-5-4-8-16-26-22-11-7-6-10-21(22)24(2,3)25(26)15-14-19-17-20(27(29)30)12-13-23(19)31-25/h6-7,10-15,17H,4-5,8-9,16H2,1-3H3. The molecule has 0 fully saturated rings. The predicted octanol–water partition coefficient (Wildman–Crippen LogP) is 5.64. The Balaban J connectivity index is 1.68. The largest absolute Gasteiger partial charge is 0.463 e. The molecule has 1 spiro atoms. The molecule has 2 heterocycles. The van der Waals surface area contributed by atoms with Crippen LogP contribution in [-0.4, -0.2) is 23.0 Å². The van der Waals surface area contributed by atoms with E-state index in [2.05, 4.69) is 43.0 Å². The summed E-state index contributed by atoms with van der Waals surface area (Å²) in [6.45, 7) is 6.80. The average molecular weight is 421 g/mol. The van der Waals surface area contributed by atoms with E-state index < -0.39 is 5.72 Å². The zero-order chi connectivity index (χ0) is 22.2. The molecule has 0 N–H and O–H groups in total. The van der Waals surface area contributed by atoms with Gasteiger partial charge in [-0.25, -0.2) is 0 Å². The second kappa shape index (κ2) is 7.84. The van der Waals surface area contributed by atoms with Gasteiger partial charge in [0.2, 0.25) is 5.72 Å². The molecule has 0 aliphatic carbocycles. The Morgan fingerprint density at radius 2 is 1.90 bits per heavy atom. The van der Waals surface area contributed by atoms with Crippen LogP contribution < -0.4 is 9.64 Å². The number of Topliss-reactive ketones (excluding diaryl/α,β-unsaturated/α-hetero) is 1. The van der Waals surface area contributed by atoms with Crippen molar-refractivity contribution >= 4 is 23.2 Å². The summed E-state index contributed by atoms with van der Waals surface area (Å²) < 4.78 is 6.68. The molecule has 6 nitrogen and oxygen atoms in total. The molecular formula is C25H28N2O4.